The Kier molecular flexibility index (Phi) is 6.06. The molecular weight excluding hydrogens is 360 g/mol. The highest BCUT2D eigenvalue weighted by atomic mass is 32.2. The van der Waals surface area contributed by atoms with Gasteiger partial charge in [0.25, 0.3) is 11.8 Å². The lowest BCUT2D eigenvalue weighted by Crippen LogP contribution is -2.50. The van der Waals surface area contributed by atoms with Crippen molar-refractivity contribution in [2.45, 2.75) is 18.2 Å². The molecule has 27 heavy (non-hydrogen) atoms. The van der Waals surface area contributed by atoms with E-state index >= 15 is 0 Å². The third-order valence-corrected chi connectivity index (χ3v) is 5.83. The summed E-state index contributed by atoms with van der Waals surface area (Å²) in [5, 5.41) is 0. The maximum atomic E-state index is 12.6. The minimum Gasteiger partial charge on any atom is -0.335 e. The van der Waals surface area contributed by atoms with E-state index < -0.39 is 10.8 Å². The van der Waals surface area contributed by atoms with Crippen molar-refractivity contribution < 1.29 is 13.8 Å². The van der Waals surface area contributed by atoms with Gasteiger partial charge in [-0.1, -0.05) is 19.1 Å². The highest BCUT2D eigenvalue weighted by Gasteiger charge is 2.25. The monoisotopic (exact) mass is 384 g/mol. The van der Waals surface area contributed by atoms with Crippen LogP contribution in [-0.4, -0.2) is 58.3 Å². The van der Waals surface area contributed by atoms with Gasteiger partial charge in [-0.05, 0) is 48.4 Å². The van der Waals surface area contributed by atoms with Crippen LogP contribution >= 0.6 is 0 Å². The molecule has 1 aliphatic heterocycles. The average molecular weight is 385 g/mol. The molecule has 0 radical (unpaired) electrons. The van der Waals surface area contributed by atoms with Crippen LogP contribution in [-0.2, 0) is 17.2 Å². The fourth-order valence-corrected chi connectivity index (χ4v) is 3.67. The first-order chi connectivity index (χ1) is 13.0. The first-order valence-electron chi connectivity index (χ1n) is 9.10. The van der Waals surface area contributed by atoms with Crippen LogP contribution in [0.25, 0.3) is 0 Å². The van der Waals surface area contributed by atoms with Crippen molar-refractivity contribution in [3.8, 4) is 0 Å². The molecule has 0 aromatic heterocycles. The van der Waals surface area contributed by atoms with E-state index in [1.54, 1.807) is 40.3 Å². The Morgan fingerprint density at radius 2 is 1.22 bits per heavy atom. The number of piperazine rings is 1. The van der Waals surface area contributed by atoms with Crippen molar-refractivity contribution in [1.29, 1.82) is 0 Å². The number of benzene rings is 2. The molecular formula is C21H24N2O3S. The van der Waals surface area contributed by atoms with Gasteiger partial charge < -0.3 is 9.80 Å². The normalized spacial score (nSPS) is 15.5. The maximum absolute atomic E-state index is 12.6. The zero-order chi connectivity index (χ0) is 19.4. The van der Waals surface area contributed by atoms with Crippen LogP contribution < -0.4 is 0 Å². The van der Waals surface area contributed by atoms with Crippen LogP contribution in [0.2, 0.25) is 0 Å². The van der Waals surface area contributed by atoms with Crippen LogP contribution in [0.5, 0.6) is 0 Å². The summed E-state index contributed by atoms with van der Waals surface area (Å²) in [4.78, 5) is 29.6. The third kappa shape index (κ3) is 4.45. The highest BCUT2D eigenvalue weighted by molar-refractivity contribution is 7.84. The lowest BCUT2D eigenvalue weighted by Gasteiger charge is -2.35. The van der Waals surface area contributed by atoms with Crippen molar-refractivity contribution in [3.63, 3.8) is 0 Å². The smallest absolute Gasteiger partial charge is 0.253 e. The van der Waals surface area contributed by atoms with Crippen LogP contribution in [0, 0.1) is 0 Å². The summed E-state index contributed by atoms with van der Waals surface area (Å²) >= 11 is 0. The van der Waals surface area contributed by atoms with Crippen molar-refractivity contribution in [2.75, 3.05) is 32.4 Å². The van der Waals surface area contributed by atoms with E-state index in [0.29, 0.717) is 42.2 Å². The van der Waals surface area contributed by atoms with Crippen molar-refractivity contribution >= 4 is 22.6 Å². The van der Waals surface area contributed by atoms with Crippen molar-refractivity contribution in [3.05, 3.63) is 65.2 Å². The number of carbonyl (C=O) groups is 2. The van der Waals surface area contributed by atoms with Gasteiger partial charge in [0.15, 0.2) is 0 Å². The number of rotatable bonds is 4. The number of carbonyl (C=O) groups excluding carboxylic acids is 2. The Balaban J connectivity index is 1.59. The molecule has 0 N–H and O–H groups in total. The summed E-state index contributed by atoms with van der Waals surface area (Å²) < 4.78 is 11.5. The minimum atomic E-state index is -1.05. The van der Waals surface area contributed by atoms with Crippen LogP contribution in [0.4, 0.5) is 0 Å². The predicted octanol–water partition coefficient (Wildman–Crippen LogP) is 2.58. The Bertz CT molecular complexity index is 839. The molecule has 0 saturated carbocycles. The van der Waals surface area contributed by atoms with Gasteiger partial charge in [0.05, 0.1) is 0 Å². The zero-order valence-electron chi connectivity index (χ0n) is 15.7. The van der Waals surface area contributed by atoms with Crippen LogP contribution in [0.3, 0.4) is 0 Å². The fourth-order valence-electron chi connectivity index (χ4n) is 3.15. The Morgan fingerprint density at radius 1 is 0.815 bits per heavy atom. The summed E-state index contributed by atoms with van der Waals surface area (Å²) in [6, 6.07) is 14.6. The average Bonchev–Trinajstić information content (AvgIpc) is 2.73. The first kappa shape index (κ1) is 19.3. The van der Waals surface area contributed by atoms with Crippen LogP contribution in [0.15, 0.2) is 53.4 Å². The molecule has 1 heterocycles. The zero-order valence-corrected chi connectivity index (χ0v) is 16.5. The third-order valence-electron chi connectivity index (χ3n) is 4.90. The summed E-state index contributed by atoms with van der Waals surface area (Å²) in [6.07, 6.45) is 2.56. The molecule has 1 atom stereocenters. The van der Waals surface area contributed by atoms with E-state index in [2.05, 4.69) is 6.92 Å². The van der Waals surface area contributed by atoms with Crippen LogP contribution in [0.1, 0.15) is 33.2 Å². The van der Waals surface area contributed by atoms with Gasteiger partial charge in [0.2, 0.25) is 0 Å². The van der Waals surface area contributed by atoms with E-state index in [4.69, 9.17) is 0 Å². The maximum Gasteiger partial charge on any atom is 0.253 e. The lowest BCUT2D eigenvalue weighted by molar-refractivity contribution is 0.0535. The molecule has 1 unspecified atom stereocenters. The summed E-state index contributed by atoms with van der Waals surface area (Å²) in [5.41, 5.74) is 2.48. The van der Waals surface area contributed by atoms with E-state index in [-0.39, 0.29) is 11.8 Å². The number of amides is 2. The molecule has 3 rings (SSSR count). The Labute approximate surface area is 162 Å². The van der Waals surface area contributed by atoms with E-state index in [1.807, 2.05) is 24.3 Å². The topological polar surface area (TPSA) is 57.7 Å². The second-order valence-electron chi connectivity index (χ2n) is 6.61. The van der Waals surface area contributed by atoms with Gasteiger partial charge in [-0.15, -0.1) is 0 Å². The summed E-state index contributed by atoms with van der Waals surface area (Å²) in [6.45, 7) is 4.16. The van der Waals surface area contributed by atoms with Crippen molar-refractivity contribution in [2.24, 2.45) is 0 Å². The van der Waals surface area contributed by atoms with E-state index in [0.717, 1.165) is 6.42 Å². The number of hydrogen-bond acceptors (Lipinski definition) is 3. The Morgan fingerprint density at radius 3 is 1.59 bits per heavy atom. The SMILES string of the molecule is CCc1ccc(C(=O)N2CCN(C(=O)c3ccc(S(C)=O)cc3)CC2)cc1. The number of aryl methyl sites for hydroxylation is 1. The number of nitrogens with zero attached hydrogens (tertiary/aromatic N) is 2. The second-order valence-corrected chi connectivity index (χ2v) is 7.99. The molecule has 2 aromatic rings. The van der Waals surface area contributed by atoms with E-state index in [1.165, 1.54) is 5.56 Å². The molecule has 5 nitrogen and oxygen atoms in total. The minimum absolute atomic E-state index is 0.0135. The largest absolute Gasteiger partial charge is 0.335 e. The summed E-state index contributed by atoms with van der Waals surface area (Å²) in [5.74, 6) is -0.0395. The first-order valence-corrected chi connectivity index (χ1v) is 10.7. The second kappa shape index (κ2) is 8.48. The van der Waals surface area contributed by atoms with Gasteiger partial charge in [0.1, 0.15) is 0 Å². The van der Waals surface area contributed by atoms with Crippen molar-refractivity contribution in [1.82, 2.24) is 9.80 Å². The molecule has 1 aliphatic rings. The molecule has 0 aliphatic carbocycles. The van der Waals surface area contributed by atoms with Gasteiger partial charge in [-0.3, -0.25) is 13.8 Å². The van der Waals surface area contributed by atoms with Gasteiger partial charge >= 0.3 is 0 Å². The molecule has 2 amide bonds. The standard InChI is InChI=1S/C21H24N2O3S/c1-3-16-4-6-17(7-5-16)20(24)22-12-14-23(15-13-22)21(25)18-8-10-19(11-9-18)27(2)26/h4-11H,3,12-15H2,1-2H3. The summed E-state index contributed by atoms with van der Waals surface area (Å²) in [7, 11) is -1.05. The molecule has 6 heteroatoms. The molecule has 0 spiro atoms. The van der Waals surface area contributed by atoms with E-state index in [9.17, 15) is 13.8 Å². The van der Waals surface area contributed by atoms with Gasteiger partial charge in [-0.2, -0.15) is 0 Å². The van der Waals surface area contributed by atoms with Gasteiger partial charge in [0, 0.05) is 59.3 Å². The predicted molar refractivity (Wildman–Crippen MR) is 106 cm³/mol. The molecule has 1 saturated heterocycles. The fraction of sp³-hybridized carbons (Fsp3) is 0.333. The highest BCUT2D eigenvalue weighted by Crippen LogP contribution is 2.14. The molecule has 0 bridgehead atoms. The molecule has 2 aromatic carbocycles. The molecule has 1 fully saturated rings. The molecule has 142 valence electrons. The Hall–Kier alpha value is -2.47. The quantitative estimate of drug-likeness (QED) is 0.814. The van der Waals surface area contributed by atoms with Gasteiger partial charge in [-0.25, -0.2) is 0 Å². The number of hydrogen-bond donors (Lipinski definition) is 0. The lowest BCUT2D eigenvalue weighted by atomic mass is 10.1.